The van der Waals surface area contributed by atoms with Gasteiger partial charge in [0.05, 0.1) is 17.8 Å². The Bertz CT molecular complexity index is 795. The van der Waals surface area contributed by atoms with E-state index >= 15 is 0 Å². The largest absolute Gasteiger partial charge is 0.370 e. The first-order valence-corrected chi connectivity index (χ1v) is 9.26. The molecule has 3 rings (SSSR count). The van der Waals surface area contributed by atoms with Crippen molar-refractivity contribution in [2.24, 2.45) is 0 Å². The molecule has 6 heteroatoms. The lowest BCUT2D eigenvalue weighted by atomic mass is 9.98. The molecule has 6 nitrogen and oxygen atoms in total. The van der Waals surface area contributed by atoms with Gasteiger partial charge in [-0.05, 0) is 32.3 Å². The molecule has 1 aromatic carbocycles. The molecule has 1 saturated heterocycles. The van der Waals surface area contributed by atoms with Crippen LogP contribution in [0.4, 0.5) is 5.69 Å². The molecule has 1 aliphatic rings. The first kappa shape index (κ1) is 18.2. The number of aromatic nitrogens is 2. The molecule has 1 unspecified atom stereocenters. The van der Waals surface area contributed by atoms with Crippen molar-refractivity contribution in [3.8, 4) is 0 Å². The van der Waals surface area contributed by atoms with Crippen LogP contribution in [-0.4, -0.2) is 34.8 Å². The van der Waals surface area contributed by atoms with E-state index in [-0.39, 0.29) is 23.4 Å². The Hall–Kier alpha value is -2.63. The van der Waals surface area contributed by atoms with Crippen molar-refractivity contribution in [1.29, 1.82) is 0 Å². The summed E-state index contributed by atoms with van der Waals surface area (Å²) >= 11 is 0. The SMILES string of the molecule is CCn1ncc(N2CCC(NC(=O)C(C)c3ccccc3)CC2)cc1=O. The predicted octanol–water partition coefficient (Wildman–Crippen LogP) is 2.15. The molecule has 0 aliphatic carbocycles. The smallest absolute Gasteiger partial charge is 0.268 e. The van der Waals surface area contributed by atoms with Gasteiger partial charge in [-0.1, -0.05) is 30.3 Å². The molecule has 1 aliphatic heterocycles. The highest BCUT2D eigenvalue weighted by Crippen LogP contribution is 2.19. The average molecular weight is 354 g/mol. The van der Waals surface area contributed by atoms with Crippen molar-refractivity contribution < 1.29 is 4.79 Å². The number of amides is 1. The summed E-state index contributed by atoms with van der Waals surface area (Å²) in [7, 11) is 0. The number of nitrogens with zero attached hydrogens (tertiary/aromatic N) is 3. The van der Waals surface area contributed by atoms with Crippen LogP contribution in [0.2, 0.25) is 0 Å². The molecule has 138 valence electrons. The Kier molecular flexibility index (Phi) is 5.71. The summed E-state index contributed by atoms with van der Waals surface area (Å²) in [5.74, 6) is -0.0816. The topological polar surface area (TPSA) is 67.2 Å². The lowest BCUT2D eigenvalue weighted by Crippen LogP contribution is -2.46. The number of aryl methyl sites for hydroxylation is 1. The number of hydrogen-bond acceptors (Lipinski definition) is 4. The third-order valence-electron chi connectivity index (χ3n) is 5.05. The van der Waals surface area contributed by atoms with Crippen molar-refractivity contribution >= 4 is 11.6 Å². The summed E-state index contributed by atoms with van der Waals surface area (Å²) in [4.78, 5) is 26.6. The van der Waals surface area contributed by atoms with Gasteiger partial charge in [0.1, 0.15) is 0 Å². The van der Waals surface area contributed by atoms with Crippen molar-refractivity contribution in [2.45, 2.75) is 45.2 Å². The van der Waals surface area contributed by atoms with Crippen molar-refractivity contribution in [2.75, 3.05) is 18.0 Å². The molecule has 2 heterocycles. The quantitative estimate of drug-likeness (QED) is 0.893. The third kappa shape index (κ3) is 4.12. The molecular weight excluding hydrogens is 328 g/mol. The highest BCUT2D eigenvalue weighted by atomic mass is 16.2. The second kappa shape index (κ2) is 8.17. The van der Waals surface area contributed by atoms with Crippen molar-refractivity contribution in [1.82, 2.24) is 15.1 Å². The van der Waals surface area contributed by atoms with E-state index in [0.29, 0.717) is 6.54 Å². The van der Waals surface area contributed by atoms with Crippen molar-refractivity contribution in [3.05, 3.63) is 58.5 Å². The molecule has 1 amide bonds. The van der Waals surface area contributed by atoms with Crippen LogP contribution in [0.5, 0.6) is 0 Å². The molecule has 1 atom stereocenters. The summed E-state index contributed by atoms with van der Waals surface area (Å²) in [6.07, 6.45) is 3.48. The van der Waals surface area contributed by atoms with Gasteiger partial charge in [0.15, 0.2) is 0 Å². The highest BCUT2D eigenvalue weighted by molar-refractivity contribution is 5.83. The van der Waals surface area contributed by atoms with E-state index in [2.05, 4.69) is 15.3 Å². The lowest BCUT2D eigenvalue weighted by Gasteiger charge is -2.34. The second-order valence-electron chi connectivity index (χ2n) is 6.77. The maximum absolute atomic E-state index is 12.5. The molecular formula is C20H26N4O2. The number of rotatable bonds is 5. The molecule has 1 fully saturated rings. The van der Waals surface area contributed by atoms with E-state index in [9.17, 15) is 9.59 Å². The normalized spacial score (nSPS) is 16.3. The Balaban J connectivity index is 1.54. The molecule has 0 radical (unpaired) electrons. The summed E-state index contributed by atoms with van der Waals surface area (Å²) in [5, 5.41) is 7.36. The number of carbonyl (C=O) groups is 1. The zero-order valence-electron chi connectivity index (χ0n) is 15.4. The molecule has 1 N–H and O–H groups in total. The van der Waals surface area contributed by atoms with Gasteiger partial charge in [0.2, 0.25) is 5.91 Å². The van der Waals surface area contributed by atoms with Crippen LogP contribution in [-0.2, 0) is 11.3 Å². The van der Waals surface area contributed by atoms with Gasteiger partial charge >= 0.3 is 0 Å². The van der Waals surface area contributed by atoms with Gasteiger partial charge in [-0.2, -0.15) is 5.10 Å². The molecule has 26 heavy (non-hydrogen) atoms. The number of hydrogen-bond donors (Lipinski definition) is 1. The number of benzene rings is 1. The zero-order valence-corrected chi connectivity index (χ0v) is 15.4. The van der Waals surface area contributed by atoms with E-state index in [1.54, 1.807) is 12.3 Å². The van der Waals surface area contributed by atoms with Crippen LogP contribution >= 0.6 is 0 Å². The van der Waals surface area contributed by atoms with Crippen LogP contribution in [0.1, 0.15) is 38.2 Å². The van der Waals surface area contributed by atoms with Crippen LogP contribution < -0.4 is 15.8 Å². The number of nitrogens with one attached hydrogen (secondary N) is 1. The van der Waals surface area contributed by atoms with E-state index < -0.39 is 0 Å². The maximum Gasteiger partial charge on any atom is 0.268 e. The van der Waals surface area contributed by atoms with Crippen molar-refractivity contribution in [3.63, 3.8) is 0 Å². The van der Waals surface area contributed by atoms with E-state index in [1.807, 2.05) is 44.2 Å². The van der Waals surface area contributed by atoms with Crippen LogP contribution in [0.3, 0.4) is 0 Å². The van der Waals surface area contributed by atoms with E-state index in [1.165, 1.54) is 4.68 Å². The first-order chi connectivity index (χ1) is 12.6. The molecule has 2 aromatic rings. The Morgan fingerprint density at radius 3 is 2.58 bits per heavy atom. The highest BCUT2D eigenvalue weighted by Gasteiger charge is 2.24. The summed E-state index contributed by atoms with van der Waals surface area (Å²) < 4.78 is 1.45. The minimum atomic E-state index is -0.153. The minimum Gasteiger partial charge on any atom is -0.370 e. The van der Waals surface area contributed by atoms with E-state index in [0.717, 1.165) is 37.2 Å². The lowest BCUT2D eigenvalue weighted by molar-refractivity contribution is -0.123. The fourth-order valence-electron chi connectivity index (χ4n) is 3.34. The van der Waals surface area contributed by atoms with Gasteiger partial charge in [-0.25, -0.2) is 4.68 Å². The maximum atomic E-state index is 12.5. The monoisotopic (exact) mass is 354 g/mol. The zero-order chi connectivity index (χ0) is 18.5. The number of piperidine rings is 1. The average Bonchev–Trinajstić information content (AvgIpc) is 2.68. The van der Waals surface area contributed by atoms with Gasteiger partial charge in [-0.3, -0.25) is 9.59 Å². The fraction of sp³-hybridized carbons (Fsp3) is 0.450. The van der Waals surface area contributed by atoms with Gasteiger partial charge in [0.25, 0.3) is 5.56 Å². The van der Waals surface area contributed by atoms with E-state index in [4.69, 9.17) is 0 Å². The summed E-state index contributed by atoms with van der Waals surface area (Å²) in [6, 6.07) is 11.7. The molecule has 1 aromatic heterocycles. The van der Waals surface area contributed by atoms with Crippen LogP contribution in [0, 0.1) is 0 Å². The van der Waals surface area contributed by atoms with Crippen LogP contribution in [0.15, 0.2) is 47.4 Å². The third-order valence-corrected chi connectivity index (χ3v) is 5.05. The Morgan fingerprint density at radius 1 is 1.27 bits per heavy atom. The standard InChI is InChI=1S/C20H26N4O2/c1-3-24-19(25)13-18(14-21-24)23-11-9-17(10-12-23)22-20(26)15(2)16-7-5-4-6-8-16/h4-8,13-15,17H,3,9-12H2,1-2H3,(H,22,26). The molecule has 0 saturated carbocycles. The van der Waals surface area contributed by atoms with Gasteiger partial charge in [-0.15, -0.1) is 0 Å². The van der Waals surface area contributed by atoms with Crippen LogP contribution in [0.25, 0.3) is 0 Å². The first-order valence-electron chi connectivity index (χ1n) is 9.26. The molecule has 0 bridgehead atoms. The van der Waals surface area contributed by atoms with Gasteiger partial charge in [0, 0.05) is 31.7 Å². The molecule has 0 spiro atoms. The number of anilines is 1. The number of carbonyl (C=O) groups excluding carboxylic acids is 1. The Morgan fingerprint density at radius 2 is 1.96 bits per heavy atom. The predicted molar refractivity (Wildman–Crippen MR) is 102 cm³/mol. The second-order valence-corrected chi connectivity index (χ2v) is 6.77. The fourth-order valence-corrected chi connectivity index (χ4v) is 3.34. The summed E-state index contributed by atoms with van der Waals surface area (Å²) in [6.45, 7) is 6.03. The summed E-state index contributed by atoms with van der Waals surface area (Å²) in [5.41, 5.74) is 1.82. The Labute approximate surface area is 153 Å². The van der Waals surface area contributed by atoms with Gasteiger partial charge < -0.3 is 10.2 Å². The minimum absolute atomic E-state index is 0.0712.